The second-order valence-corrected chi connectivity index (χ2v) is 5.95. The lowest BCUT2D eigenvalue weighted by atomic mass is 9.87. The predicted molar refractivity (Wildman–Crippen MR) is 95.4 cm³/mol. The highest BCUT2D eigenvalue weighted by Crippen LogP contribution is 2.27. The Morgan fingerprint density at radius 2 is 1.28 bits per heavy atom. The van der Waals surface area contributed by atoms with Crippen LogP contribution in [0.5, 0.6) is 0 Å². The maximum atomic E-state index is 12.5. The molecule has 2 rings (SSSR count). The van der Waals surface area contributed by atoms with E-state index in [0.717, 1.165) is 11.1 Å². The van der Waals surface area contributed by atoms with Gasteiger partial charge in [-0.25, -0.2) is 0 Å². The molecule has 2 aromatic carbocycles. The van der Waals surface area contributed by atoms with Crippen LogP contribution in [-0.4, -0.2) is 11.9 Å². The first kappa shape index (κ1) is 18.5. The summed E-state index contributed by atoms with van der Waals surface area (Å²) in [4.78, 5) is 25.0. The Hall–Kier alpha value is -2.88. The third kappa shape index (κ3) is 5.05. The van der Waals surface area contributed by atoms with Crippen molar-refractivity contribution in [3.63, 3.8) is 0 Å². The van der Waals surface area contributed by atoms with Crippen molar-refractivity contribution in [2.75, 3.05) is 0 Å². The predicted octanol–water partition coefficient (Wildman–Crippen LogP) is 4.06. The molecule has 0 radical (unpaired) electrons. The number of hydrogen-bond acceptors (Lipinski definition) is 4. The Kier molecular flexibility index (Phi) is 6.52. The van der Waals surface area contributed by atoms with E-state index in [-0.39, 0.29) is 19.6 Å². The van der Waals surface area contributed by atoms with Crippen molar-refractivity contribution < 1.29 is 19.1 Å². The highest BCUT2D eigenvalue weighted by Gasteiger charge is 2.43. The Morgan fingerprint density at radius 3 is 1.64 bits per heavy atom. The normalized spacial score (nSPS) is 10.8. The summed E-state index contributed by atoms with van der Waals surface area (Å²) in [5.41, 5.74) is 0.301. The number of allylic oxidation sites excluding steroid dienone is 1. The van der Waals surface area contributed by atoms with Crippen molar-refractivity contribution in [2.45, 2.75) is 26.6 Å². The van der Waals surface area contributed by atoms with E-state index in [0.29, 0.717) is 0 Å². The molecule has 0 saturated carbocycles. The van der Waals surface area contributed by atoms with Crippen LogP contribution in [0, 0.1) is 5.41 Å². The first-order valence-electron chi connectivity index (χ1n) is 8.09. The molecule has 0 aromatic heterocycles. The van der Waals surface area contributed by atoms with Crippen molar-refractivity contribution in [2.24, 2.45) is 5.41 Å². The number of carbonyl (C=O) groups excluding carboxylic acids is 2. The van der Waals surface area contributed by atoms with E-state index in [1.54, 1.807) is 0 Å². The van der Waals surface area contributed by atoms with Crippen molar-refractivity contribution in [1.29, 1.82) is 0 Å². The molecular weight excluding hydrogens is 316 g/mol. The standard InChI is InChI=1S/C21H22O4/c1-3-14-21(2,19(22)24-15-17-10-6-4-7-11-17)20(23)25-16-18-12-8-5-9-13-18/h3-13H,1,14-16H2,2H3. The zero-order valence-electron chi connectivity index (χ0n) is 14.3. The molecule has 0 bridgehead atoms. The highest BCUT2D eigenvalue weighted by molar-refractivity contribution is 5.99. The molecule has 25 heavy (non-hydrogen) atoms. The zero-order valence-corrected chi connectivity index (χ0v) is 14.3. The summed E-state index contributed by atoms with van der Waals surface area (Å²) < 4.78 is 10.7. The monoisotopic (exact) mass is 338 g/mol. The van der Waals surface area contributed by atoms with Gasteiger partial charge in [-0.1, -0.05) is 66.7 Å². The molecule has 0 aliphatic carbocycles. The van der Waals surface area contributed by atoms with Crippen molar-refractivity contribution in [3.8, 4) is 0 Å². The SMILES string of the molecule is C=CCC(C)(C(=O)OCc1ccccc1)C(=O)OCc1ccccc1. The van der Waals surface area contributed by atoms with Crippen LogP contribution < -0.4 is 0 Å². The van der Waals surface area contributed by atoms with Crippen molar-refractivity contribution in [3.05, 3.63) is 84.4 Å². The molecule has 0 amide bonds. The minimum absolute atomic E-state index is 0.109. The average Bonchev–Trinajstić information content (AvgIpc) is 2.65. The quantitative estimate of drug-likeness (QED) is 0.414. The molecule has 0 aliphatic heterocycles. The molecular formula is C21H22O4. The van der Waals surface area contributed by atoms with Crippen LogP contribution >= 0.6 is 0 Å². The fraction of sp³-hybridized carbons (Fsp3) is 0.238. The van der Waals surface area contributed by atoms with Crippen LogP contribution in [0.4, 0.5) is 0 Å². The van der Waals surface area contributed by atoms with Crippen molar-refractivity contribution >= 4 is 11.9 Å². The summed E-state index contributed by atoms with van der Waals surface area (Å²) in [5, 5.41) is 0. The van der Waals surface area contributed by atoms with Crippen LogP contribution in [0.3, 0.4) is 0 Å². The zero-order chi connectivity index (χ0) is 18.1. The van der Waals surface area contributed by atoms with Gasteiger partial charge in [0.1, 0.15) is 13.2 Å². The van der Waals surface area contributed by atoms with E-state index in [1.807, 2.05) is 60.7 Å². The van der Waals surface area contributed by atoms with Crippen molar-refractivity contribution in [1.82, 2.24) is 0 Å². The van der Waals surface area contributed by atoms with Gasteiger partial charge in [-0.2, -0.15) is 0 Å². The third-order valence-corrected chi connectivity index (χ3v) is 3.88. The van der Waals surface area contributed by atoms with Gasteiger partial charge in [-0.05, 0) is 24.5 Å². The van der Waals surface area contributed by atoms with Crippen LogP contribution in [0.15, 0.2) is 73.3 Å². The molecule has 130 valence electrons. The smallest absolute Gasteiger partial charge is 0.323 e. The summed E-state index contributed by atoms with van der Waals surface area (Å²) in [6.07, 6.45) is 1.67. The summed E-state index contributed by atoms with van der Waals surface area (Å²) >= 11 is 0. The van der Waals surface area contributed by atoms with Gasteiger partial charge in [0.2, 0.25) is 0 Å². The van der Waals surface area contributed by atoms with E-state index in [2.05, 4.69) is 6.58 Å². The van der Waals surface area contributed by atoms with Crippen LogP contribution in [0.1, 0.15) is 24.5 Å². The van der Waals surface area contributed by atoms with Gasteiger partial charge in [0.25, 0.3) is 0 Å². The van der Waals surface area contributed by atoms with Crippen LogP contribution in [0.25, 0.3) is 0 Å². The number of carbonyl (C=O) groups is 2. The molecule has 4 nitrogen and oxygen atoms in total. The minimum Gasteiger partial charge on any atom is -0.460 e. The molecule has 0 atom stereocenters. The Bertz CT molecular complexity index is 652. The summed E-state index contributed by atoms with van der Waals surface area (Å²) in [5.74, 6) is -1.23. The van der Waals surface area contributed by atoms with Crippen LogP contribution in [0.2, 0.25) is 0 Å². The number of hydrogen-bond donors (Lipinski definition) is 0. The first-order chi connectivity index (χ1) is 12.1. The number of esters is 2. The molecule has 4 heteroatoms. The molecule has 0 unspecified atom stereocenters. The Morgan fingerprint density at radius 1 is 0.880 bits per heavy atom. The van der Waals surface area contributed by atoms with E-state index in [4.69, 9.17) is 9.47 Å². The van der Waals surface area contributed by atoms with Gasteiger partial charge in [0.05, 0.1) is 0 Å². The largest absolute Gasteiger partial charge is 0.460 e. The van der Waals surface area contributed by atoms with E-state index in [1.165, 1.54) is 13.0 Å². The fourth-order valence-corrected chi connectivity index (χ4v) is 2.30. The molecule has 0 N–H and O–H groups in total. The van der Waals surface area contributed by atoms with Crippen LogP contribution in [-0.2, 0) is 32.3 Å². The second-order valence-electron chi connectivity index (χ2n) is 5.95. The maximum absolute atomic E-state index is 12.5. The fourth-order valence-electron chi connectivity index (χ4n) is 2.30. The maximum Gasteiger partial charge on any atom is 0.323 e. The lowest BCUT2D eigenvalue weighted by Crippen LogP contribution is -2.39. The third-order valence-electron chi connectivity index (χ3n) is 3.88. The molecule has 2 aromatic rings. The van der Waals surface area contributed by atoms with Gasteiger partial charge in [0.15, 0.2) is 5.41 Å². The van der Waals surface area contributed by atoms with Gasteiger partial charge >= 0.3 is 11.9 Å². The molecule has 0 fully saturated rings. The van der Waals surface area contributed by atoms with Gasteiger partial charge < -0.3 is 9.47 Å². The summed E-state index contributed by atoms with van der Waals surface area (Å²) in [6.45, 7) is 5.37. The summed E-state index contributed by atoms with van der Waals surface area (Å²) in [6, 6.07) is 18.6. The van der Waals surface area contributed by atoms with E-state index in [9.17, 15) is 9.59 Å². The van der Waals surface area contributed by atoms with E-state index >= 15 is 0 Å². The number of rotatable bonds is 8. The Balaban J connectivity index is 2.00. The average molecular weight is 338 g/mol. The Labute approximate surface area is 148 Å². The first-order valence-corrected chi connectivity index (χ1v) is 8.09. The lowest BCUT2D eigenvalue weighted by Gasteiger charge is -2.24. The number of benzene rings is 2. The highest BCUT2D eigenvalue weighted by atomic mass is 16.6. The minimum atomic E-state index is -1.41. The molecule has 0 spiro atoms. The summed E-state index contributed by atoms with van der Waals surface area (Å²) in [7, 11) is 0. The van der Waals surface area contributed by atoms with Gasteiger partial charge in [-0.3, -0.25) is 9.59 Å². The second kappa shape index (κ2) is 8.83. The van der Waals surface area contributed by atoms with Gasteiger partial charge in [-0.15, -0.1) is 6.58 Å². The molecule has 0 aliphatic rings. The van der Waals surface area contributed by atoms with E-state index < -0.39 is 17.4 Å². The lowest BCUT2D eigenvalue weighted by molar-refractivity contribution is -0.172. The van der Waals surface area contributed by atoms with Gasteiger partial charge in [0, 0.05) is 0 Å². The molecule has 0 saturated heterocycles. The topological polar surface area (TPSA) is 52.6 Å². The number of ether oxygens (including phenoxy) is 2. The molecule has 0 heterocycles.